The zero-order valence-electron chi connectivity index (χ0n) is 11.9. The molecule has 1 heterocycles. The van der Waals surface area contributed by atoms with Crippen molar-refractivity contribution >= 4 is 5.97 Å². The molecule has 1 atom stereocenters. The molecule has 4 nitrogen and oxygen atoms in total. The molecule has 0 aromatic rings. The SMILES string of the molecule is C/C(=C\COC1CCCCO1)CC/C=C(\C)C(=O)O. The van der Waals surface area contributed by atoms with Crippen molar-refractivity contribution in [3.8, 4) is 0 Å². The molecular formula is C15H24O4. The lowest BCUT2D eigenvalue weighted by molar-refractivity contribution is -0.155. The van der Waals surface area contributed by atoms with Crippen LogP contribution in [0, 0.1) is 0 Å². The number of ether oxygens (including phenoxy) is 2. The summed E-state index contributed by atoms with van der Waals surface area (Å²) in [6.07, 6.45) is 8.64. The fraction of sp³-hybridized carbons (Fsp3) is 0.667. The molecule has 1 N–H and O–H groups in total. The number of carbonyl (C=O) groups is 1. The van der Waals surface area contributed by atoms with Crippen LogP contribution in [0.4, 0.5) is 0 Å². The number of allylic oxidation sites excluding steroid dienone is 2. The minimum Gasteiger partial charge on any atom is -0.478 e. The van der Waals surface area contributed by atoms with Crippen molar-refractivity contribution in [3.05, 3.63) is 23.3 Å². The maximum atomic E-state index is 10.6. The molecule has 19 heavy (non-hydrogen) atoms. The van der Waals surface area contributed by atoms with E-state index in [0.29, 0.717) is 12.2 Å². The first kappa shape index (κ1) is 15.9. The van der Waals surface area contributed by atoms with Gasteiger partial charge in [0.1, 0.15) is 0 Å². The molecule has 0 saturated carbocycles. The normalized spacial score (nSPS) is 21.5. The third kappa shape index (κ3) is 7.13. The van der Waals surface area contributed by atoms with Crippen molar-refractivity contribution in [2.45, 2.75) is 52.2 Å². The fourth-order valence-corrected chi connectivity index (χ4v) is 1.85. The van der Waals surface area contributed by atoms with Gasteiger partial charge in [0.05, 0.1) is 6.61 Å². The fourth-order valence-electron chi connectivity index (χ4n) is 1.85. The highest BCUT2D eigenvalue weighted by molar-refractivity contribution is 5.85. The second kappa shape index (κ2) is 8.88. The van der Waals surface area contributed by atoms with Crippen LogP contribution in [-0.4, -0.2) is 30.6 Å². The molecule has 0 aromatic heterocycles. The van der Waals surface area contributed by atoms with Crippen LogP contribution < -0.4 is 0 Å². The Morgan fingerprint density at radius 2 is 2.16 bits per heavy atom. The van der Waals surface area contributed by atoms with Gasteiger partial charge in [-0.25, -0.2) is 4.79 Å². The van der Waals surface area contributed by atoms with Gasteiger partial charge in [-0.1, -0.05) is 17.7 Å². The molecule has 108 valence electrons. The number of hydrogen-bond donors (Lipinski definition) is 1. The van der Waals surface area contributed by atoms with Gasteiger partial charge in [0, 0.05) is 12.2 Å². The summed E-state index contributed by atoms with van der Waals surface area (Å²) in [6, 6.07) is 0. The zero-order valence-corrected chi connectivity index (χ0v) is 11.9. The van der Waals surface area contributed by atoms with Crippen LogP contribution in [0.1, 0.15) is 46.0 Å². The molecule has 4 heteroatoms. The van der Waals surface area contributed by atoms with E-state index in [4.69, 9.17) is 14.6 Å². The molecule has 1 unspecified atom stereocenters. The highest BCUT2D eigenvalue weighted by atomic mass is 16.7. The van der Waals surface area contributed by atoms with Crippen LogP contribution >= 0.6 is 0 Å². The molecular weight excluding hydrogens is 244 g/mol. The van der Waals surface area contributed by atoms with E-state index >= 15 is 0 Å². The lowest BCUT2D eigenvalue weighted by Gasteiger charge is -2.22. The third-order valence-electron chi connectivity index (χ3n) is 3.18. The summed E-state index contributed by atoms with van der Waals surface area (Å²) in [5.74, 6) is -0.848. The molecule has 0 aliphatic carbocycles. The predicted octanol–water partition coefficient (Wildman–Crippen LogP) is 3.29. The van der Waals surface area contributed by atoms with E-state index in [1.54, 1.807) is 13.0 Å². The van der Waals surface area contributed by atoms with Crippen molar-refractivity contribution < 1.29 is 19.4 Å². The van der Waals surface area contributed by atoms with E-state index in [0.717, 1.165) is 32.3 Å². The van der Waals surface area contributed by atoms with Crippen molar-refractivity contribution in [3.63, 3.8) is 0 Å². The van der Waals surface area contributed by atoms with Crippen LogP contribution in [0.2, 0.25) is 0 Å². The Morgan fingerprint density at radius 3 is 2.79 bits per heavy atom. The number of hydrogen-bond acceptors (Lipinski definition) is 3. The monoisotopic (exact) mass is 268 g/mol. The van der Waals surface area contributed by atoms with Gasteiger partial charge in [-0.3, -0.25) is 0 Å². The molecule has 0 aromatic carbocycles. The summed E-state index contributed by atoms with van der Waals surface area (Å²) in [5, 5.41) is 8.72. The predicted molar refractivity (Wildman–Crippen MR) is 73.9 cm³/mol. The van der Waals surface area contributed by atoms with Crippen LogP contribution in [0.5, 0.6) is 0 Å². The van der Waals surface area contributed by atoms with Gasteiger partial charge in [-0.15, -0.1) is 0 Å². The maximum absolute atomic E-state index is 10.6. The highest BCUT2D eigenvalue weighted by Crippen LogP contribution is 2.14. The Kier molecular flexibility index (Phi) is 7.45. The standard InChI is InChI=1S/C15H24O4/c1-12(6-5-7-13(2)15(16)17)9-11-19-14-8-3-4-10-18-14/h7,9,14H,3-6,8,10-11H2,1-2H3,(H,16,17)/b12-9+,13-7+. The van der Waals surface area contributed by atoms with Gasteiger partial charge in [-0.05, 0) is 46.0 Å². The molecule has 0 amide bonds. The number of carboxylic acid groups (broad SMARTS) is 1. The first-order valence-corrected chi connectivity index (χ1v) is 6.88. The van der Waals surface area contributed by atoms with Gasteiger partial charge in [0.2, 0.25) is 0 Å². The number of carboxylic acids is 1. The molecule has 1 aliphatic heterocycles. The van der Waals surface area contributed by atoms with Crippen molar-refractivity contribution in [1.29, 1.82) is 0 Å². The maximum Gasteiger partial charge on any atom is 0.330 e. The largest absolute Gasteiger partial charge is 0.478 e. The topological polar surface area (TPSA) is 55.8 Å². The smallest absolute Gasteiger partial charge is 0.330 e. The lowest BCUT2D eigenvalue weighted by atomic mass is 10.1. The third-order valence-corrected chi connectivity index (χ3v) is 3.18. The van der Waals surface area contributed by atoms with E-state index in [-0.39, 0.29) is 6.29 Å². The quantitative estimate of drug-likeness (QED) is 0.568. The summed E-state index contributed by atoms with van der Waals surface area (Å²) in [7, 11) is 0. The van der Waals surface area contributed by atoms with Gasteiger partial charge in [0.25, 0.3) is 0 Å². The molecule has 0 spiro atoms. The zero-order chi connectivity index (χ0) is 14.1. The Bertz CT molecular complexity index is 338. The average molecular weight is 268 g/mol. The molecule has 1 aliphatic rings. The summed E-state index contributed by atoms with van der Waals surface area (Å²) >= 11 is 0. The first-order chi connectivity index (χ1) is 9.09. The molecule has 1 saturated heterocycles. The van der Waals surface area contributed by atoms with Crippen molar-refractivity contribution in [2.24, 2.45) is 0 Å². The van der Waals surface area contributed by atoms with Gasteiger partial charge >= 0.3 is 5.97 Å². The summed E-state index contributed by atoms with van der Waals surface area (Å²) in [6.45, 7) is 5.02. The highest BCUT2D eigenvalue weighted by Gasteiger charge is 2.12. The van der Waals surface area contributed by atoms with E-state index < -0.39 is 5.97 Å². The van der Waals surface area contributed by atoms with Crippen LogP contribution in [-0.2, 0) is 14.3 Å². The first-order valence-electron chi connectivity index (χ1n) is 6.88. The van der Waals surface area contributed by atoms with E-state index in [1.165, 1.54) is 12.0 Å². The Morgan fingerprint density at radius 1 is 1.37 bits per heavy atom. The van der Waals surface area contributed by atoms with Gasteiger partial charge < -0.3 is 14.6 Å². The second-order valence-electron chi connectivity index (χ2n) is 4.91. The van der Waals surface area contributed by atoms with Crippen LogP contribution in [0.25, 0.3) is 0 Å². The van der Waals surface area contributed by atoms with Crippen LogP contribution in [0.3, 0.4) is 0 Å². The van der Waals surface area contributed by atoms with E-state index in [1.807, 2.05) is 13.0 Å². The molecule has 1 rings (SSSR count). The average Bonchev–Trinajstić information content (AvgIpc) is 2.39. The molecule has 0 bridgehead atoms. The summed E-state index contributed by atoms with van der Waals surface area (Å²) in [5.41, 5.74) is 1.62. The van der Waals surface area contributed by atoms with Crippen LogP contribution in [0.15, 0.2) is 23.3 Å². The number of rotatable bonds is 7. The minimum atomic E-state index is -0.848. The van der Waals surface area contributed by atoms with Gasteiger partial charge in [0.15, 0.2) is 6.29 Å². The van der Waals surface area contributed by atoms with Crippen molar-refractivity contribution in [1.82, 2.24) is 0 Å². The molecule has 0 radical (unpaired) electrons. The molecule has 1 fully saturated rings. The second-order valence-corrected chi connectivity index (χ2v) is 4.91. The van der Waals surface area contributed by atoms with E-state index in [9.17, 15) is 4.79 Å². The van der Waals surface area contributed by atoms with Crippen molar-refractivity contribution in [2.75, 3.05) is 13.2 Å². The minimum absolute atomic E-state index is 0.0491. The summed E-state index contributed by atoms with van der Waals surface area (Å²) < 4.78 is 11.1. The Labute approximate surface area is 115 Å². The summed E-state index contributed by atoms with van der Waals surface area (Å²) in [4.78, 5) is 10.6. The number of aliphatic carboxylic acids is 1. The van der Waals surface area contributed by atoms with Gasteiger partial charge in [-0.2, -0.15) is 0 Å². The lowest BCUT2D eigenvalue weighted by Crippen LogP contribution is -2.22. The van der Waals surface area contributed by atoms with E-state index in [2.05, 4.69) is 0 Å². The Balaban J connectivity index is 2.17. The Hall–Kier alpha value is -1.13.